The minimum Gasteiger partial charge on any atom is -0.465 e. The number of carbonyl (C=O) groups excluding carboxylic acids is 1. The number of rotatable bonds is 2. The molecule has 0 fully saturated rings. The number of allylic oxidation sites excluding steroid dienone is 2. The molecule has 1 aromatic rings. The fourth-order valence-electron chi connectivity index (χ4n) is 1.31. The number of ether oxygens (including phenoxy) is 1. The van der Waals surface area contributed by atoms with Crippen LogP contribution < -0.4 is 0 Å². The van der Waals surface area contributed by atoms with Crippen LogP contribution in [0.1, 0.15) is 5.56 Å². The topological polar surface area (TPSA) is 46.5 Å². The number of Topliss-reactive ketones (excluding diaryl/α,β-unsaturated/α-hetero) is 1. The Morgan fingerprint density at radius 3 is 2.33 bits per heavy atom. The van der Waals surface area contributed by atoms with Crippen molar-refractivity contribution in [3.63, 3.8) is 0 Å². The molecule has 1 aromatic carbocycles. The first-order chi connectivity index (χ1) is 8.69. The molecule has 0 amide bonds. The van der Waals surface area contributed by atoms with E-state index in [1.807, 2.05) is 36.4 Å². The molecule has 1 N–H and O–H groups in total. The van der Waals surface area contributed by atoms with Crippen LogP contribution in [0, 0.1) is 5.92 Å². The molecule has 2 rings (SSSR count). The maximum absolute atomic E-state index is 10.9. The van der Waals surface area contributed by atoms with Crippen LogP contribution in [0.15, 0.2) is 61.9 Å². The molecule has 0 saturated carbocycles. The van der Waals surface area contributed by atoms with Crippen LogP contribution in [0.3, 0.4) is 0 Å². The summed E-state index contributed by atoms with van der Waals surface area (Å²) in [7, 11) is 0. The molecule has 0 aliphatic carbocycles. The normalized spacial score (nSPS) is 21.3. The van der Waals surface area contributed by atoms with Gasteiger partial charge in [-0.1, -0.05) is 49.1 Å². The third-order valence-corrected chi connectivity index (χ3v) is 2.35. The van der Waals surface area contributed by atoms with Crippen LogP contribution in [0.2, 0.25) is 0 Å². The minimum atomic E-state index is -1.31. The molecule has 1 aliphatic rings. The van der Waals surface area contributed by atoms with E-state index in [2.05, 4.69) is 17.9 Å². The molecule has 2 unspecified atom stereocenters. The van der Waals surface area contributed by atoms with E-state index in [4.69, 9.17) is 5.11 Å². The number of benzene rings is 1. The molecule has 94 valence electrons. The van der Waals surface area contributed by atoms with Crippen LogP contribution in [0.4, 0.5) is 0 Å². The van der Waals surface area contributed by atoms with Gasteiger partial charge in [-0.15, -0.1) is 6.58 Å². The van der Waals surface area contributed by atoms with Gasteiger partial charge in [0.1, 0.15) is 0 Å². The molecule has 3 heteroatoms. The summed E-state index contributed by atoms with van der Waals surface area (Å²) in [6.07, 6.45) is 4.83. The molecule has 0 radical (unpaired) electrons. The second kappa shape index (κ2) is 7.25. The number of aliphatic hydroxyl groups excluding tert-OH is 1. The van der Waals surface area contributed by atoms with E-state index in [-0.39, 0.29) is 5.78 Å². The summed E-state index contributed by atoms with van der Waals surface area (Å²) >= 11 is 0. The van der Waals surface area contributed by atoms with Gasteiger partial charge in [-0.2, -0.15) is 0 Å². The first-order valence-corrected chi connectivity index (χ1v) is 5.53. The van der Waals surface area contributed by atoms with Crippen molar-refractivity contribution in [2.45, 2.75) is 6.29 Å². The van der Waals surface area contributed by atoms with Gasteiger partial charge in [0, 0.05) is 0 Å². The van der Waals surface area contributed by atoms with Crippen molar-refractivity contribution < 1.29 is 14.6 Å². The lowest BCUT2D eigenvalue weighted by atomic mass is 10.0. The highest BCUT2D eigenvalue weighted by molar-refractivity contribution is 5.87. The van der Waals surface area contributed by atoms with Gasteiger partial charge in [-0.05, 0) is 11.6 Å². The molecule has 0 bridgehead atoms. The molecular weight excluding hydrogens is 228 g/mol. The zero-order chi connectivity index (χ0) is 13.4. The van der Waals surface area contributed by atoms with Gasteiger partial charge in [0.05, 0.1) is 12.2 Å². The maximum Gasteiger partial charge on any atom is 0.257 e. The zero-order valence-electron chi connectivity index (χ0n) is 10.0. The first-order valence-electron chi connectivity index (χ1n) is 5.53. The number of hydrogen-bond acceptors (Lipinski definition) is 3. The molecular formula is C15H16O3. The van der Waals surface area contributed by atoms with Crippen molar-refractivity contribution in [1.29, 1.82) is 0 Å². The molecule has 1 aliphatic heterocycles. The van der Waals surface area contributed by atoms with Crippen molar-refractivity contribution in [3.8, 4) is 0 Å². The van der Waals surface area contributed by atoms with Crippen LogP contribution in [0.25, 0.3) is 6.08 Å². The summed E-state index contributed by atoms with van der Waals surface area (Å²) in [6.45, 7) is 7.06. The predicted octanol–water partition coefficient (Wildman–Crippen LogP) is 2.55. The summed E-state index contributed by atoms with van der Waals surface area (Å²) in [5, 5.41) is 8.81. The minimum absolute atomic E-state index is 0.363. The summed E-state index contributed by atoms with van der Waals surface area (Å²) in [6, 6.07) is 10.0. The highest BCUT2D eigenvalue weighted by Gasteiger charge is 2.24. The van der Waals surface area contributed by atoms with E-state index in [0.29, 0.717) is 0 Å². The summed E-state index contributed by atoms with van der Waals surface area (Å²) in [5.74, 6) is -0.763. The summed E-state index contributed by atoms with van der Waals surface area (Å²) in [5.41, 5.74) is 1.17. The smallest absolute Gasteiger partial charge is 0.257 e. The van der Waals surface area contributed by atoms with Crippen molar-refractivity contribution in [2.75, 3.05) is 0 Å². The highest BCUT2D eigenvalue weighted by atomic mass is 16.6. The van der Waals surface area contributed by atoms with Gasteiger partial charge >= 0.3 is 0 Å². The largest absolute Gasteiger partial charge is 0.465 e. The Balaban J connectivity index is 0.000000184. The first kappa shape index (κ1) is 13.9. The Morgan fingerprint density at radius 2 is 1.89 bits per heavy atom. The Kier molecular flexibility index (Phi) is 5.61. The lowest BCUT2D eigenvalue weighted by Gasteiger charge is -2.16. The third kappa shape index (κ3) is 4.03. The van der Waals surface area contributed by atoms with Crippen molar-refractivity contribution >= 4 is 11.9 Å². The molecule has 0 aromatic heterocycles. The number of aliphatic hydroxyl groups is 1. The fourth-order valence-corrected chi connectivity index (χ4v) is 1.31. The van der Waals surface area contributed by atoms with E-state index in [1.54, 1.807) is 6.08 Å². The maximum atomic E-state index is 10.9. The van der Waals surface area contributed by atoms with Crippen LogP contribution >= 0.6 is 0 Å². The van der Waals surface area contributed by atoms with Gasteiger partial charge < -0.3 is 9.84 Å². The van der Waals surface area contributed by atoms with E-state index in [1.165, 1.54) is 17.9 Å². The van der Waals surface area contributed by atoms with Gasteiger partial charge in [0.2, 0.25) is 5.78 Å². The lowest BCUT2D eigenvalue weighted by molar-refractivity contribution is -0.150. The summed E-state index contributed by atoms with van der Waals surface area (Å²) in [4.78, 5) is 10.9. The van der Waals surface area contributed by atoms with Gasteiger partial charge in [0.15, 0.2) is 0 Å². The lowest BCUT2D eigenvalue weighted by Crippen LogP contribution is -2.30. The average Bonchev–Trinajstić information content (AvgIpc) is 2.43. The van der Waals surface area contributed by atoms with E-state index < -0.39 is 12.2 Å². The molecule has 3 nitrogen and oxygen atoms in total. The van der Waals surface area contributed by atoms with E-state index in [0.717, 1.165) is 0 Å². The third-order valence-electron chi connectivity index (χ3n) is 2.35. The van der Waals surface area contributed by atoms with Gasteiger partial charge in [-0.25, -0.2) is 0 Å². The summed E-state index contributed by atoms with van der Waals surface area (Å²) < 4.78 is 4.50. The van der Waals surface area contributed by atoms with Gasteiger partial charge in [0.25, 0.3) is 6.29 Å². The second-order valence-corrected chi connectivity index (χ2v) is 3.60. The number of hydrogen-bond donors (Lipinski definition) is 1. The number of carbonyl (C=O) groups is 1. The standard InChI is InChI=1S/C8H8.C7H8O3/c1-2-8-6-4-3-5-7-8;1-2-5-3-4-10-7(9)6(5)8/h2-7H,1H2;2-5,7,9H,1H2. The SMILES string of the molecule is C=CC1C=COC(O)C1=O.C=Cc1ccccc1. The highest BCUT2D eigenvalue weighted by Crippen LogP contribution is 2.11. The van der Waals surface area contributed by atoms with Crippen molar-refractivity contribution in [2.24, 2.45) is 5.92 Å². The number of ketones is 1. The van der Waals surface area contributed by atoms with Crippen LogP contribution in [0.5, 0.6) is 0 Å². The Bertz CT molecular complexity index is 434. The molecule has 1 heterocycles. The molecule has 0 saturated heterocycles. The molecule has 0 spiro atoms. The second-order valence-electron chi connectivity index (χ2n) is 3.60. The Labute approximate surface area is 107 Å². The fraction of sp³-hybridized carbons (Fsp3) is 0.133. The molecule has 2 atom stereocenters. The van der Waals surface area contributed by atoms with Crippen LogP contribution in [-0.2, 0) is 9.53 Å². The Morgan fingerprint density at radius 1 is 1.22 bits per heavy atom. The monoisotopic (exact) mass is 244 g/mol. The van der Waals surface area contributed by atoms with Crippen molar-refractivity contribution in [3.05, 3.63) is 67.5 Å². The average molecular weight is 244 g/mol. The van der Waals surface area contributed by atoms with E-state index >= 15 is 0 Å². The Hall–Kier alpha value is -2.13. The van der Waals surface area contributed by atoms with Crippen LogP contribution in [-0.4, -0.2) is 17.2 Å². The predicted molar refractivity (Wildman–Crippen MR) is 71.5 cm³/mol. The zero-order valence-corrected chi connectivity index (χ0v) is 10.0. The quantitative estimate of drug-likeness (QED) is 0.813. The van der Waals surface area contributed by atoms with Gasteiger partial charge in [-0.3, -0.25) is 4.79 Å². The van der Waals surface area contributed by atoms with E-state index in [9.17, 15) is 4.79 Å². The van der Waals surface area contributed by atoms with Crippen molar-refractivity contribution in [1.82, 2.24) is 0 Å². The molecule has 18 heavy (non-hydrogen) atoms.